The maximum atomic E-state index is 12.0. The summed E-state index contributed by atoms with van der Waals surface area (Å²) in [6.07, 6.45) is 0.0147. The first-order valence-electron chi connectivity index (χ1n) is 7.66. The van der Waals surface area contributed by atoms with Gasteiger partial charge >= 0.3 is 0 Å². The molecule has 2 aromatic carbocycles. The summed E-state index contributed by atoms with van der Waals surface area (Å²) in [5, 5.41) is 6.55. The van der Waals surface area contributed by atoms with E-state index in [4.69, 9.17) is 14.0 Å². The molecule has 0 spiro atoms. The van der Waals surface area contributed by atoms with Crippen molar-refractivity contribution in [3.63, 3.8) is 0 Å². The second-order valence-corrected chi connectivity index (χ2v) is 5.16. The number of rotatable bonds is 7. The molecule has 0 saturated heterocycles. The molecule has 128 valence electrons. The zero-order chi connectivity index (χ0) is 17.5. The number of carbonyl (C=O) groups is 1. The number of ether oxygens (including phenoxy) is 2. The Morgan fingerprint density at radius 3 is 2.56 bits per heavy atom. The average molecular weight is 339 g/mol. The van der Waals surface area contributed by atoms with Crippen LogP contribution in [0.5, 0.6) is 11.5 Å². The Balaban J connectivity index is 1.50. The van der Waals surface area contributed by atoms with Crippen molar-refractivity contribution < 1.29 is 18.8 Å². The summed E-state index contributed by atoms with van der Waals surface area (Å²) in [6, 6.07) is 16.4. The van der Waals surface area contributed by atoms with Gasteiger partial charge in [0.05, 0.1) is 13.5 Å². The van der Waals surface area contributed by atoms with Gasteiger partial charge in [0.15, 0.2) is 12.4 Å². The number of amides is 1. The van der Waals surface area contributed by atoms with Gasteiger partial charge in [-0.25, -0.2) is 0 Å². The van der Waals surface area contributed by atoms with E-state index in [0.29, 0.717) is 23.2 Å². The maximum Gasteiger partial charge on any atom is 0.264 e. The van der Waals surface area contributed by atoms with Crippen molar-refractivity contribution in [2.75, 3.05) is 12.4 Å². The van der Waals surface area contributed by atoms with Crippen LogP contribution in [-0.4, -0.2) is 23.2 Å². The fraction of sp³-hybridized carbons (Fsp3) is 0.167. The first kappa shape index (κ1) is 16.5. The largest absolute Gasteiger partial charge is 0.497 e. The summed E-state index contributed by atoms with van der Waals surface area (Å²) in [5.74, 6) is 1.81. The fourth-order valence-corrected chi connectivity index (χ4v) is 2.11. The number of nitrogens with one attached hydrogen (secondary N) is 1. The van der Waals surface area contributed by atoms with E-state index >= 15 is 0 Å². The maximum absolute atomic E-state index is 12.0. The summed E-state index contributed by atoms with van der Waals surface area (Å²) in [4.78, 5) is 16.2. The first-order valence-corrected chi connectivity index (χ1v) is 7.66. The lowest BCUT2D eigenvalue weighted by Gasteiger charge is -2.04. The number of aromatic nitrogens is 2. The van der Waals surface area contributed by atoms with E-state index in [1.165, 1.54) is 0 Å². The molecule has 0 aliphatic rings. The normalized spacial score (nSPS) is 10.3. The molecule has 7 nitrogen and oxygen atoms in total. The van der Waals surface area contributed by atoms with Crippen LogP contribution in [0.4, 0.5) is 5.69 Å². The van der Waals surface area contributed by atoms with E-state index in [1.807, 2.05) is 30.3 Å². The number of nitrogens with zero attached hydrogens (tertiary/aromatic N) is 2. The van der Waals surface area contributed by atoms with Crippen LogP contribution in [0.3, 0.4) is 0 Å². The van der Waals surface area contributed by atoms with Crippen LogP contribution in [0.2, 0.25) is 0 Å². The van der Waals surface area contributed by atoms with Crippen LogP contribution in [-0.2, 0) is 17.8 Å². The molecular formula is C18H17N3O4. The Bertz CT molecular complexity index is 816. The molecular weight excluding hydrogens is 322 g/mol. The highest BCUT2D eigenvalue weighted by Gasteiger charge is 2.12. The second-order valence-electron chi connectivity index (χ2n) is 5.16. The van der Waals surface area contributed by atoms with Crippen LogP contribution in [0.15, 0.2) is 59.1 Å². The zero-order valence-electron chi connectivity index (χ0n) is 13.6. The van der Waals surface area contributed by atoms with Crippen molar-refractivity contribution in [2.24, 2.45) is 0 Å². The van der Waals surface area contributed by atoms with Gasteiger partial charge in [-0.3, -0.25) is 4.79 Å². The number of anilines is 1. The Labute approximate surface area is 144 Å². The van der Waals surface area contributed by atoms with Gasteiger partial charge in [-0.2, -0.15) is 4.98 Å². The summed E-state index contributed by atoms with van der Waals surface area (Å²) in [6.45, 7) is 0.150. The van der Waals surface area contributed by atoms with E-state index in [-0.39, 0.29) is 18.9 Å². The molecule has 0 radical (unpaired) electrons. The predicted molar refractivity (Wildman–Crippen MR) is 90.4 cm³/mol. The van der Waals surface area contributed by atoms with Crippen LogP contribution in [0.25, 0.3) is 0 Å². The lowest BCUT2D eigenvalue weighted by molar-refractivity contribution is -0.115. The number of para-hydroxylation sites is 1. The molecule has 1 N–H and O–H groups in total. The second kappa shape index (κ2) is 7.96. The number of hydrogen-bond donors (Lipinski definition) is 1. The van der Waals surface area contributed by atoms with Crippen molar-refractivity contribution in [3.05, 3.63) is 66.3 Å². The topological polar surface area (TPSA) is 86.5 Å². The molecule has 3 rings (SSSR count). The van der Waals surface area contributed by atoms with Crippen molar-refractivity contribution in [1.82, 2.24) is 10.1 Å². The van der Waals surface area contributed by atoms with E-state index < -0.39 is 0 Å². The molecule has 0 saturated carbocycles. The minimum absolute atomic E-state index is 0.0147. The van der Waals surface area contributed by atoms with E-state index in [9.17, 15) is 4.79 Å². The first-order chi connectivity index (χ1) is 12.2. The Morgan fingerprint density at radius 1 is 1.08 bits per heavy atom. The van der Waals surface area contributed by atoms with Crippen molar-refractivity contribution >= 4 is 11.6 Å². The molecule has 1 amide bonds. The smallest absolute Gasteiger partial charge is 0.264 e. The highest BCUT2D eigenvalue weighted by Crippen LogP contribution is 2.15. The average Bonchev–Trinajstić information content (AvgIpc) is 3.08. The third-order valence-electron chi connectivity index (χ3n) is 3.31. The molecule has 7 heteroatoms. The van der Waals surface area contributed by atoms with E-state index in [1.54, 1.807) is 31.4 Å². The van der Waals surface area contributed by atoms with E-state index in [2.05, 4.69) is 15.5 Å². The van der Waals surface area contributed by atoms with Crippen molar-refractivity contribution in [3.8, 4) is 11.5 Å². The van der Waals surface area contributed by atoms with Crippen LogP contribution in [0, 0.1) is 0 Å². The van der Waals surface area contributed by atoms with E-state index in [0.717, 1.165) is 5.75 Å². The van der Waals surface area contributed by atoms with Gasteiger partial charge < -0.3 is 19.3 Å². The van der Waals surface area contributed by atoms with Gasteiger partial charge in [0.2, 0.25) is 5.91 Å². The minimum atomic E-state index is -0.235. The molecule has 25 heavy (non-hydrogen) atoms. The minimum Gasteiger partial charge on any atom is -0.497 e. The quantitative estimate of drug-likeness (QED) is 0.712. The molecule has 0 aliphatic carbocycles. The molecule has 0 atom stereocenters. The van der Waals surface area contributed by atoms with Crippen LogP contribution < -0.4 is 14.8 Å². The molecule has 0 unspecified atom stereocenters. The summed E-state index contributed by atoms with van der Waals surface area (Å²) in [7, 11) is 1.59. The molecule has 0 aliphatic heterocycles. The number of methoxy groups -OCH3 is 1. The summed E-state index contributed by atoms with van der Waals surface area (Å²) in [5.41, 5.74) is 0.668. The molecule has 3 aromatic rings. The molecule has 0 fully saturated rings. The lowest BCUT2D eigenvalue weighted by atomic mass is 10.3. The van der Waals surface area contributed by atoms with Crippen LogP contribution >= 0.6 is 0 Å². The van der Waals surface area contributed by atoms with Crippen molar-refractivity contribution in [2.45, 2.75) is 13.0 Å². The third kappa shape index (κ3) is 4.81. The lowest BCUT2D eigenvalue weighted by Crippen LogP contribution is -2.15. The fourth-order valence-electron chi connectivity index (χ4n) is 2.11. The Kier molecular flexibility index (Phi) is 5.26. The third-order valence-corrected chi connectivity index (χ3v) is 3.31. The molecule has 0 bridgehead atoms. The van der Waals surface area contributed by atoms with Gasteiger partial charge in [-0.05, 0) is 36.4 Å². The van der Waals surface area contributed by atoms with Gasteiger partial charge in [0.1, 0.15) is 11.5 Å². The monoisotopic (exact) mass is 339 g/mol. The Hall–Kier alpha value is -3.35. The number of carbonyl (C=O) groups excluding carboxylic acids is 1. The predicted octanol–water partition coefficient (Wildman–Crippen LogP) is 2.84. The highest BCUT2D eigenvalue weighted by atomic mass is 16.5. The summed E-state index contributed by atoms with van der Waals surface area (Å²) >= 11 is 0. The van der Waals surface area contributed by atoms with Gasteiger partial charge in [0, 0.05) is 5.69 Å². The van der Waals surface area contributed by atoms with Gasteiger partial charge in [0.25, 0.3) is 5.89 Å². The van der Waals surface area contributed by atoms with Gasteiger partial charge in [-0.15, -0.1) is 0 Å². The standard InChI is InChI=1S/C18H17N3O4/c1-23-14-9-7-13(8-10-14)19-17(22)11-16-20-18(25-21-16)12-24-15-5-3-2-4-6-15/h2-10H,11-12H2,1H3,(H,19,22). The SMILES string of the molecule is COc1ccc(NC(=O)Cc2noc(COc3ccccc3)n2)cc1. The van der Waals surface area contributed by atoms with Crippen molar-refractivity contribution in [1.29, 1.82) is 0 Å². The summed E-state index contributed by atoms with van der Waals surface area (Å²) < 4.78 is 15.7. The number of benzene rings is 2. The molecule has 1 heterocycles. The highest BCUT2D eigenvalue weighted by molar-refractivity contribution is 5.91. The molecule has 1 aromatic heterocycles. The zero-order valence-corrected chi connectivity index (χ0v) is 13.6. The van der Waals surface area contributed by atoms with Gasteiger partial charge in [-0.1, -0.05) is 23.4 Å². The Morgan fingerprint density at radius 2 is 1.84 bits per heavy atom. The number of hydrogen-bond acceptors (Lipinski definition) is 6. The van der Waals surface area contributed by atoms with Crippen LogP contribution in [0.1, 0.15) is 11.7 Å².